The van der Waals surface area contributed by atoms with Gasteiger partial charge in [0.25, 0.3) is 0 Å². The van der Waals surface area contributed by atoms with Crippen LogP contribution in [0.3, 0.4) is 0 Å². The van der Waals surface area contributed by atoms with Crippen molar-refractivity contribution in [2.75, 3.05) is 6.54 Å². The van der Waals surface area contributed by atoms with Gasteiger partial charge in [0.05, 0.1) is 6.33 Å². The second kappa shape index (κ2) is 8.86. The number of aromatic amines is 1. The van der Waals surface area contributed by atoms with Crippen molar-refractivity contribution in [1.82, 2.24) is 20.6 Å². The predicted octanol–water partition coefficient (Wildman–Crippen LogP) is -1.10. The second-order valence-electron chi connectivity index (χ2n) is 5.03. The van der Waals surface area contributed by atoms with Crippen molar-refractivity contribution in [2.24, 2.45) is 0 Å². The first-order valence-corrected chi connectivity index (χ1v) is 6.96. The smallest absolute Gasteiger partial charge is 0.321 e. The van der Waals surface area contributed by atoms with Crippen LogP contribution in [0.1, 0.15) is 19.0 Å². The highest BCUT2D eigenvalue weighted by Crippen LogP contribution is 2.01. The molecule has 1 heterocycles. The third-order valence-corrected chi connectivity index (χ3v) is 3.22. The summed E-state index contributed by atoms with van der Waals surface area (Å²) < 4.78 is 0. The Morgan fingerprint density at radius 1 is 1.17 bits per heavy atom. The van der Waals surface area contributed by atoms with Gasteiger partial charge in [0.1, 0.15) is 18.1 Å². The highest BCUT2D eigenvalue weighted by molar-refractivity contribution is 5.77. The Morgan fingerprint density at radius 2 is 1.83 bits per heavy atom. The molecule has 23 heavy (non-hydrogen) atoms. The molecule has 3 atom stereocenters. The van der Waals surface area contributed by atoms with Crippen molar-refractivity contribution in [2.45, 2.75) is 37.9 Å². The molecule has 0 aliphatic rings. The van der Waals surface area contributed by atoms with Crippen molar-refractivity contribution < 1.29 is 29.7 Å². The number of carbonyl (C=O) groups is 3. The molecule has 0 radical (unpaired) electrons. The molecule has 0 aromatic carbocycles. The lowest BCUT2D eigenvalue weighted by molar-refractivity contribution is -0.142. The molecule has 0 bridgehead atoms. The molecule has 0 saturated carbocycles. The minimum absolute atomic E-state index is 0.0414. The Labute approximate surface area is 131 Å². The summed E-state index contributed by atoms with van der Waals surface area (Å²) in [6.45, 7) is 1.44. The second-order valence-corrected chi connectivity index (χ2v) is 5.03. The molecule has 0 aliphatic carbocycles. The highest BCUT2D eigenvalue weighted by Gasteiger charge is 2.24. The van der Waals surface area contributed by atoms with E-state index in [-0.39, 0.29) is 19.4 Å². The number of aromatic nitrogens is 2. The maximum atomic E-state index is 11.2. The van der Waals surface area contributed by atoms with Gasteiger partial charge < -0.3 is 25.6 Å². The van der Waals surface area contributed by atoms with Crippen LogP contribution in [-0.2, 0) is 20.8 Å². The molecule has 0 aliphatic heterocycles. The van der Waals surface area contributed by atoms with Gasteiger partial charge >= 0.3 is 17.9 Å². The molecule has 128 valence electrons. The molecule has 6 N–H and O–H groups in total. The minimum atomic E-state index is -1.19. The average Bonchev–Trinajstić information content (AvgIpc) is 2.97. The fraction of sp³-hybridized carbons (Fsp3) is 0.538. The molecular formula is C13H20N4O6. The molecule has 1 rings (SSSR count). The van der Waals surface area contributed by atoms with Gasteiger partial charge in [-0.1, -0.05) is 0 Å². The van der Waals surface area contributed by atoms with E-state index >= 15 is 0 Å². The van der Waals surface area contributed by atoms with E-state index in [0.29, 0.717) is 5.69 Å². The molecule has 1 aromatic heterocycles. The van der Waals surface area contributed by atoms with Gasteiger partial charge in [-0.15, -0.1) is 0 Å². The van der Waals surface area contributed by atoms with Crippen LogP contribution in [0.25, 0.3) is 0 Å². The summed E-state index contributed by atoms with van der Waals surface area (Å²) in [5, 5.41) is 32.2. The average molecular weight is 328 g/mol. The molecule has 10 heteroatoms. The van der Waals surface area contributed by atoms with Crippen LogP contribution >= 0.6 is 0 Å². The monoisotopic (exact) mass is 328 g/mol. The predicted molar refractivity (Wildman–Crippen MR) is 78.0 cm³/mol. The van der Waals surface area contributed by atoms with E-state index in [0.717, 1.165) is 0 Å². The number of H-pyrrole nitrogens is 1. The first-order valence-electron chi connectivity index (χ1n) is 6.96. The molecule has 0 saturated heterocycles. The van der Waals surface area contributed by atoms with Gasteiger partial charge in [0, 0.05) is 18.3 Å². The Kier molecular flexibility index (Phi) is 7.16. The number of hydrogen-bond acceptors (Lipinski definition) is 6. The number of carboxylic acids is 3. The first kappa shape index (κ1) is 18.6. The van der Waals surface area contributed by atoms with E-state index < -0.39 is 36.0 Å². The van der Waals surface area contributed by atoms with Crippen molar-refractivity contribution in [3.63, 3.8) is 0 Å². The Bertz CT molecular complexity index is 533. The maximum Gasteiger partial charge on any atom is 0.321 e. The third kappa shape index (κ3) is 6.45. The normalized spacial score (nSPS) is 14.8. The van der Waals surface area contributed by atoms with Gasteiger partial charge in [-0.05, 0) is 19.9 Å². The van der Waals surface area contributed by atoms with E-state index in [1.807, 2.05) is 0 Å². The molecule has 0 unspecified atom stereocenters. The van der Waals surface area contributed by atoms with Crippen molar-refractivity contribution in [3.05, 3.63) is 18.2 Å². The number of rotatable bonds is 11. The van der Waals surface area contributed by atoms with Crippen LogP contribution in [0.15, 0.2) is 12.5 Å². The van der Waals surface area contributed by atoms with Crippen LogP contribution in [0.5, 0.6) is 0 Å². The maximum absolute atomic E-state index is 11.2. The minimum Gasteiger partial charge on any atom is -0.480 e. The van der Waals surface area contributed by atoms with E-state index in [1.54, 1.807) is 0 Å². The summed E-state index contributed by atoms with van der Waals surface area (Å²) in [5.41, 5.74) is 0.636. The summed E-state index contributed by atoms with van der Waals surface area (Å²) in [6.07, 6.45) is 3.16. The topological polar surface area (TPSA) is 165 Å². The lowest BCUT2D eigenvalue weighted by Gasteiger charge is -2.19. The fourth-order valence-corrected chi connectivity index (χ4v) is 1.92. The summed E-state index contributed by atoms with van der Waals surface area (Å²) >= 11 is 0. The number of imidazole rings is 1. The summed E-state index contributed by atoms with van der Waals surface area (Å²) in [6, 6.07) is -3.01. The lowest BCUT2D eigenvalue weighted by atomic mass is 10.1. The van der Waals surface area contributed by atoms with E-state index in [4.69, 9.17) is 15.3 Å². The first-order chi connectivity index (χ1) is 10.8. The largest absolute Gasteiger partial charge is 0.480 e. The zero-order valence-electron chi connectivity index (χ0n) is 12.5. The zero-order valence-corrected chi connectivity index (χ0v) is 12.5. The van der Waals surface area contributed by atoms with Crippen LogP contribution in [0.2, 0.25) is 0 Å². The quantitative estimate of drug-likeness (QED) is 0.296. The number of hydrogen-bond donors (Lipinski definition) is 6. The van der Waals surface area contributed by atoms with E-state index in [9.17, 15) is 14.4 Å². The van der Waals surface area contributed by atoms with Crippen molar-refractivity contribution in [3.8, 4) is 0 Å². The van der Waals surface area contributed by atoms with Crippen LogP contribution in [0, 0.1) is 0 Å². The van der Waals surface area contributed by atoms with Gasteiger partial charge in [-0.2, -0.15) is 0 Å². The number of nitrogens with zero attached hydrogens (tertiary/aromatic N) is 1. The number of nitrogens with one attached hydrogen (secondary N) is 3. The van der Waals surface area contributed by atoms with Crippen molar-refractivity contribution in [1.29, 1.82) is 0 Å². The molecule has 1 aromatic rings. The van der Waals surface area contributed by atoms with E-state index in [1.165, 1.54) is 19.4 Å². The van der Waals surface area contributed by atoms with Crippen LogP contribution in [-0.4, -0.2) is 67.9 Å². The molecule has 10 nitrogen and oxygen atoms in total. The van der Waals surface area contributed by atoms with Crippen LogP contribution < -0.4 is 10.6 Å². The SMILES string of the molecule is C[C@@H](N[C@@H](CCN[C@H](Cc1cnc[nH]1)C(=O)O)C(=O)O)C(=O)O. The van der Waals surface area contributed by atoms with Crippen molar-refractivity contribution >= 4 is 17.9 Å². The summed E-state index contributed by atoms with van der Waals surface area (Å²) in [5.74, 6) is -3.43. The molecule has 0 amide bonds. The number of aliphatic carboxylic acids is 3. The number of carboxylic acid groups (broad SMARTS) is 3. The standard InChI is InChI=1S/C13H20N4O6/c1-7(11(18)19)17-9(12(20)21)2-3-15-10(13(22)23)4-8-5-14-6-16-8/h5-7,9-10,15,17H,2-4H2,1H3,(H,14,16)(H,18,19)(H,20,21)(H,22,23)/t7-,9+,10-/m1/s1. The molecular weight excluding hydrogens is 308 g/mol. The fourth-order valence-electron chi connectivity index (χ4n) is 1.92. The van der Waals surface area contributed by atoms with Gasteiger partial charge in [0.15, 0.2) is 0 Å². The zero-order chi connectivity index (χ0) is 17.4. The lowest BCUT2D eigenvalue weighted by Crippen LogP contribution is -2.48. The Morgan fingerprint density at radius 3 is 2.30 bits per heavy atom. The van der Waals surface area contributed by atoms with Crippen LogP contribution in [0.4, 0.5) is 0 Å². The highest BCUT2D eigenvalue weighted by atomic mass is 16.4. The van der Waals surface area contributed by atoms with Gasteiger partial charge in [0.2, 0.25) is 0 Å². The third-order valence-electron chi connectivity index (χ3n) is 3.22. The Hall–Kier alpha value is -2.46. The Balaban J connectivity index is 2.50. The van der Waals surface area contributed by atoms with Gasteiger partial charge in [-0.3, -0.25) is 19.7 Å². The summed E-state index contributed by atoms with van der Waals surface area (Å²) in [4.78, 5) is 39.6. The summed E-state index contributed by atoms with van der Waals surface area (Å²) in [7, 11) is 0. The van der Waals surface area contributed by atoms with E-state index in [2.05, 4.69) is 20.6 Å². The van der Waals surface area contributed by atoms with Gasteiger partial charge in [-0.25, -0.2) is 4.98 Å². The molecule has 0 fully saturated rings. The molecule has 0 spiro atoms.